The minimum Gasteiger partial charge on any atom is -0.437 e. The van der Waals surface area contributed by atoms with Gasteiger partial charge in [0.1, 0.15) is 5.76 Å². The molecule has 0 saturated carbocycles. The molecule has 12 heteroatoms. The van der Waals surface area contributed by atoms with Crippen LogP contribution in [0.25, 0.3) is 22.4 Å². The average Bonchev–Trinajstić information content (AvgIpc) is 3.19. The summed E-state index contributed by atoms with van der Waals surface area (Å²) in [5.74, 6) is 0.611. The average molecular weight is 536 g/mol. The third-order valence-corrected chi connectivity index (χ3v) is 9.12. The number of hydrogen-bond acceptors (Lipinski definition) is 8. The Bertz CT molecular complexity index is 1400. The quantitative estimate of drug-likeness (QED) is 0.138. The van der Waals surface area contributed by atoms with Crippen molar-refractivity contribution in [3.05, 3.63) is 64.7 Å². The van der Waals surface area contributed by atoms with Crippen LogP contribution in [-0.2, 0) is 35.3 Å². The highest BCUT2D eigenvalue weighted by Crippen LogP contribution is 2.56. The van der Waals surface area contributed by atoms with Crippen molar-refractivity contribution >= 4 is 46.6 Å². The van der Waals surface area contributed by atoms with Crippen molar-refractivity contribution < 1.29 is 26.7 Å². The van der Waals surface area contributed by atoms with E-state index >= 15 is 0 Å². The summed E-state index contributed by atoms with van der Waals surface area (Å²) in [6.07, 6.45) is 15.1. The van der Waals surface area contributed by atoms with Crippen molar-refractivity contribution in [1.29, 1.82) is 0 Å². The Morgan fingerprint density at radius 2 is 1.80 bits per heavy atom. The molecule has 3 aromatic rings. The number of furan rings is 1. The number of hydrogen-bond donors (Lipinski definition) is 0. The fourth-order valence-electron chi connectivity index (χ4n) is 3.39. The lowest BCUT2D eigenvalue weighted by atomic mass is 10.0. The van der Waals surface area contributed by atoms with Crippen molar-refractivity contribution in [2.75, 3.05) is 6.16 Å². The van der Waals surface area contributed by atoms with E-state index < -0.39 is 28.6 Å². The van der Waals surface area contributed by atoms with Crippen molar-refractivity contribution in [3.8, 4) is 11.3 Å². The van der Waals surface area contributed by atoms with Gasteiger partial charge in [-0.1, -0.05) is 56.2 Å². The van der Waals surface area contributed by atoms with Gasteiger partial charge in [-0.3, -0.25) is 18.3 Å². The van der Waals surface area contributed by atoms with E-state index in [2.05, 4.69) is 36.6 Å². The summed E-state index contributed by atoms with van der Waals surface area (Å²) in [5, 5.41) is 0.653. The zero-order valence-electron chi connectivity index (χ0n) is 19.4. The molecule has 0 aliphatic carbocycles. The lowest BCUT2D eigenvalue weighted by Gasteiger charge is -2.09. The van der Waals surface area contributed by atoms with Crippen molar-refractivity contribution in [1.82, 2.24) is 9.55 Å². The molecular weight excluding hydrogens is 509 g/mol. The van der Waals surface area contributed by atoms with Crippen LogP contribution < -0.4 is 5.69 Å². The first kappa shape index (κ1) is 27.1. The molecular formula is C23H27N2O7P3. The molecule has 0 aliphatic heterocycles. The summed E-state index contributed by atoms with van der Waals surface area (Å²) in [4.78, 5) is 16.4. The van der Waals surface area contributed by atoms with E-state index in [-0.39, 0.29) is 18.4 Å². The number of allylic oxidation sites excluding steroid dienone is 2. The molecule has 186 valence electrons. The van der Waals surface area contributed by atoms with Crippen LogP contribution >= 0.6 is 22.9 Å². The number of aromatic nitrogens is 2. The molecule has 0 fully saturated rings. The number of nitrogens with zero attached hydrogens (tertiary/aromatic N) is 2. The molecule has 0 amide bonds. The molecule has 2 atom stereocenters. The maximum Gasteiger partial charge on any atom is 0.354 e. The topological polar surface area (TPSA) is 118 Å². The number of unbranched alkanes of at least 4 members (excludes halogenated alkanes) is 2. The van der Waals surface area contributed by atoms with E-state index in [4.69, 9.17) is 13.0 Å². The molecule has 2 unspecified atom stereocenters. The molecule has 0 bridgehead atoms. The van der Waals surface area contributed by atoms with Crippen LogP contribution in [0.15, 0.2) is 57.9 Å². The Hall–Kier alpha value is -2.53. The van der Waals surface area contributed by atoms with Crippen LogP contribution in [0.2, 0.25) is 0 Å². The van der Waals surface area contributed by atoms with Crippen LogP contribution in [0.5, 0.6) is 0 Å². The SMILES string of the molecule is C=P(=O)OP(=O)(C/C=C/Cn1cc2cc(-c3ccc(CCCCC)cc3)oc2nc1=O)OP(=C)=O. The van der Waals surface area contributed by atoms with E-state index in [1.807, 2.05) is 18.2 Å². The molecule has 9 nitrogen and oxygen atoms in total. The molecule has 0 N–H and O–H groups in total. The fraction of sp³-hybridized carbons (Fsp3) is 0.304. The van der Waals surface area contributed by atoms with Crippen LogP contribution in [0.3, 0.4) is 0 Å². The molecule has 2 aromatic heterocycles. The lowest BCUT2D eigenvalue weighted by molar-refractivity contribution is 0.404. The molecule has 2 heterocycles. The fourth-order valence-corrected chi connectivity index (χ4v) is 6.94. The summed E-state index contributed by atoms with van der Waals surface area (Å²) in [7, 11) is -8.91. The third kappa shape index (κ3) is 7.99. The molecule has 1 aromatic carbocycles. The second kappa shape index (κ2) is 12.4. The normalized spacial score (nSPS) is 14.3. The van der Waals surface area contributed by atoms with Crippen LogP contribution in [-0.4, -0.2) is 28.3 Å². The van der Waals surface area contributed by atoms with E-state index in [0.29, 0.717) is 11.1 Å². The Kier molecular flexibility index (Phi) is 9.62. The molecule has 3 rings (SSSR count). The van der Waals surface area contributed by atoms with Gasteiger partial charge >= 0.3 is 13.3 Å². The van der Waals surface area contributed by atoms with Gasteiger partial charge in [-0.15, -0.1) is 0 Å². The standard InChI is InChI=1S/C23H27N2O7P3/c1-4-5-6-9-18-10-12-19(13-11-18)21-16-20-17-25(23(26)24-22(20)30-21)14-7-8-15-35(29,31-33(2)27)32-34(3)28/h7-8,10-13,16-17H,2-6,9,14-15H2,1H3/b8-7+. The zero-order chi connectivity index (χ0) is 25.4. The van der Waals surface area contributed by atoms with Crippen molar-refractivity contribution in [3.63, 3.8) is 0 Å². The molecule has 0 radical (unpaired) electrons. The van der Waals surface area contributed by atoms with Gasteiger partial charge < -0.3 is 4.42 Å². The van der Waals surface area contributed by atoms with Crippen molar-refractivity contribution in [2.45, 2.75) is 39.2 Å². The second-order valence-electron chi connectivity index (χ2n) is 7.79. The van der Waals surface area contributed by atoms with E-state index in [1.54, 1.807) is 12.3 Å². The number of rotatable bonds is 13. The van der Waals surface area contributed by atoms with Gasteiger partial charge in [0.25, 0.3) is 0 Å². The maximum absolute atomic E-state index is 12.5. The third-order valence-electron chi connectivity index (χ3n) is 5.01. The highest BCUT2D eigenvalue weighted by atomic mass is 31.2. The highest BCUT2D eigenvalue weighted by molar-refractivity contribution is 7.66. The Balaban J connectivity index is 1.72. The smallest absolute Gasteiger partial charge is 0.354 e. The minimum atomic E-state index is -3.94. The number of aryl methyl sites for hydroxylation is 1. The summed E-state index contributed by atoms with van der Waals surface area (Å²) in [6, 6.07) is 9.97. The molecule has 0 spiro atoms. The van der Waals surface area contributed by atoms with Gasteiger partial charge in [-0.25, -0.2) is 13.4 Å². The van der Waals surface area contributed by atoms with E-state index in [0.717, 1.165) is 18.4 Å². The molecule has 0 saturated heterocycles. The van der Waals surface area contributed by atoms with Gasteiger partial charge in [0.05, 0.1) is 11.5 Å². The minimum absolute atomic E-state index is 0.113. The lowest BCUT2D eigenvalue weighted by Crippen LogP contribution is -2.21. The largest absolute Gasteiger partial charge is 0.437 e. The second-order valence-corrected chi connectivity index (χ2v) is 12.0. The zero-order valence-corrected chi connectivity index (χ0v) is 22.1. The predicted octanol–water partition coefficient (Wildman–Crippen LogP) is 6.52. The first-order valence-corrected chi connectivity index (χ1v) is 15.4. The molecule has 0 aliphatic rings. The first-order chi connectivity index (χ1) is 16.7. The van der Waals surface area contributed by atoms with Crippen molar-refractivity contribution in [2.24, 2.45) is 0 Å². The van der Waals surface area contributed by atoms with E-state index in [1.165, 1.54) is 29.0 Å². The first-order valence-electron chi connectivity index (χ1n) is 11.0. The predicted molar refractivity (Wildman–Crippen MR) is 140 cm³/mol. The Morgan fingerprint density at radius 1 is 1.11 bits per heavy atom. The highest BCUT2D eigenvalue weighted by Gasteiger charge is 2.25. The van der Waals surface area contributed by atoms with Crippen LogP contribution in [0.1, 0.15) is 31.7 Å². The van der Waals surface area contributed by atoms with E-state index in [9.17, 15) is 18.5 Å². The van der Waals surface area contributed by atoms with Crippen LogP contribution in [0.4, 0.5) is 0 Å². The van der Waals surface area contributed by atoms with Gasteiger partial charge in [0.15, 0.2) is 0 Å². The summed E-state index contributed by atoms with van der Waals surface area (Å²) >= 11 is 0. The maximum atomic E-state index is 12.5. The van der Waals surface area contributed by atoms with Gasteiger partial charge in [0, 0.05) is 18.3 Å². The number of fused-ring (bicyclic) bond motifs is 1. The Labute approximate surface area is 204 Å². The number of benzene rings is 1. The molecule has 35 heavy (non-hydrogen) atoms. The summed E-state index contributed by atoms with van der Waals surface area (Å²) < 4.78 is 51.5. The van der Waals surface area contributed by atoms with Gasteiger partial charge in [-0.2, -0.15) is 4.98 Å². The summed E-state index contributed by atoms with van der Waals surface area (Å²) in [5.41, 5.74) is 1.88. The monoisotopic (exact) mass is 536 g/mol. The Morgan fingerprint density at radius 3 is 2.43 bits per heavy atom. The van der Waals surface area contributed by atoms with Crippen LogP contribution in [0, 0.1) is 0 Å². The van der Waals surface area contributed by atoms with Gasteiger partial charge in [-0.05, 0) is 37.1 Å². The van der Waals surface area contributed by atoms with Gasteiger partial charge in [0.2, 0.25) is 21.0 Å². The summed E-state index contributed by atoms with van der Waals surface area (Å²) in [6.45, 7) is 2.29.